The molecule has 4 aromatic rings. The van der Waals surface area contributed by atoms with E-state index in [2.05, 4.69) is 28.8 Å². The van der Waals surface area contributed by atoms with Gasteiger partial charge >= 0.3 is 0 Å². The van der Waals surface area contributed by atoms with Gasteiger partial charge in [0.05, 0.1) is 29.3 Å². The summed E-state index contributed by atoms with van der Waals surface area (Å²) in [5.74, 6) is 0.349. The minimum absolute atomic E-state index is 0.0728. The molecule has 0 radical (unpaired) electrons. The average Bonchev–Trinajstić information content (AvgIpc) is 3.26. The first-order chi connectivity index (χ1) is 16.4. The number of nitrogens with two attached hydrogens (primary N) is 1. The number of fused-ring (bicyclic) bond motifs is 1. The van der Waals surface area contributed by atoms with E-state index in [9.17, 15) is 4.39 Å². The van der Waals surface area contributed by atoms with E-state index in [1.165, 1.54) is 18.5 Å². The van der Waals surface area contributed by atoms with E-state index in [0.717, 1.165) is 12.0 Å². The first kappa shape index (κ1) is 22.0. The second-order valence-corrected chi connectivity index (χ2v) is 8.95. The molecule has 0 bridgehead atoms. The Morgan fingerprint density at radius 3 is 2.59 bits per heavy atom. The predicted molar refractivity (Wildman–Crippen MR) is 132 cm³/mol. The molecule has 7 heteroatoms. The molecule has 1 aliphatic rings. The molecule has 5 rings (SSSR count). The van der Waals surface area contributed by atoms with Crippen LogP contribution in [0.1, 0.15) is 31.5 Å². The number of nitrogens with zero attached hydrogens (tertiary/aromatic N) is 3. The first-order valence-electron chi connectivity index (χ1n) is 11.1. The lowest BCUT2D eigenvalue weighted by molar-refractivity contribution is -0.178. The van der Waals surface area contributed by atoms with Gasteiger partial charge in [-0.1, -0.05) is 30.3 Å². The third-order valence-electron chi connectivity index (χ3n) is 5.82. The van der Waals surface area contributed by atoms with E-state index in [1.807, 2.05) is 36.4 Å². The van der Waals surface area contributed by atoms with Crippen molar-refractivity contribution in [1.82, 2.24) is 9.97 Å². The maximum absolute atomic E-state index is 13.5. The minimum Gasteiger partial charge on any atom is -0.438 e. The van der Waals surface area contributed by atoms with E-state index in [4.69, 9.17) is 14.9 Å². The van der Waals surface area contributed by atoms with Gasteiger partial charge < -0.3 is 14.9 Å². The number of rotatable bonds is 6. The van der Waals surface area contributed by atoms with Crippen molar-refractivity contribution in [1.29, 1.82) is 0 Å². The van der Waals surface area contributed by atoms with Gasteiger partial charge in [0.1, 0.15) is 17.9 Å². The highest BCUT2D eigenvalue weighted by Crippen LogP contribution is 2.33. The van der Waals surface area contributed by atoms with Crippen LogP contribution in [0.5, 0.6) is 0 Å². The summed E-state index contributed by atoms with van der Waals surface area (Å²) in [6.07, 6.45) is 4.17. The second kappa shape index (κ2) is 8.83. The molecule has 172 valence electrons. The average molecular weight is 457 g/mol. The maximum Gasteiger partial charge on any atom is 0.230 e. The fourth-order valence-corrected chi connectivity index (χ4v) is 4.21. The fourth-order valence-electron chi connectivity index (χ4n) is 4.21. The van der Waals surface area contributed by atoms with Gasteiger partial charge in [-0.05, 0) is 49.7 Å². The molecule has 3 heterocycles. The van der Waals surface area contributed by atoms with Crippen LogP contribution < -0.4 is 5.73 Å². The van der Waals surface area contributed by atoms with Crippen molar-refractivity contribution in [3.8, 4) is 11.3 Å². The number of halogens is 1. The van der Waals surface area contributed by atoms with Crippen molar-refractivity contribution in [2.45, 2.75) is 32.0 Å². The molecular weight excluding hydrogens is 431 g/mol. The van der Waals surface area contributed by atoms with Crippen molar-refractivity contribution >= 4 is 28.6 Å². The largest absolute Gasteiger partial charge is 0.438 e. The highest BCUT2D eigenvalue weighted by molar-refractivity contribution is 6.21. The summed E-state index contributed by atoms with van der Waals surface area (Å²) in [6.45, 7) is 4.64. The Morgan fingerprint density at radius 2 is 1.88 bits per heavy atom. The van der Waals surface area contributed by atoms with Crippen LogP contribution in [0.3, 0.4) is 0 Å². The Bertz CT molecular complexity index is 1370. The SMILES string of the molecule is CC1(C)CC(CN=C/C(=C(\N)c2ccc(F)cc2)c2ncnc3oc(-c4ccccc4)cc23)O1. The number of furan rings is 1. The van der Waals surface area contributed by atoms with Gasteiger partial charge in [-0.25, -0.2) is 14.4 Å². The molecule has 2 aromatic heterocycles. The molecule has 2 N–H and O–H groups in total. The van der Waals surface area contributed by atoms with Gasteiger partial charge in [0.2, 0.25) is 5.71 Å². The molecule has 34 heavy (non-hydrogen) atoms. The van der Waals surface area contributed by atoms with Gasteiger partial charge in [-0.2, -0.15) is 0 Å². The summed E-state index contributed by atoms with van der Waals surface area (Å²) in [5, 5.41) is 0.717. The molecule has 0 amide bonds. The molecule has 0 aliphatic carbocycles. The summed E-state index contributed by atoms with van der Waals surface area (Å²) >= 11 is 0. The first-order valence-corrected chi connectivity index (χ1v) is 11.1. The number of ether oxygens (including phenoxy) is 1. The monoisotopic (exact) mass is 456 g/mol. The van der Waals surface area contributed by atoms with Crippen molar-refractivity contribution in [2.75, 3.05) is 6.54 Å². The van der Waals surface area contributed by atoms with E-state index in [-0.39, 0.29) is 17.5 Å². The van der Waals surface area contributed by atoms with Gasteiger partial charge in [0.15, 0.2) is 0 Å². The Hall–Kier alpha value is -3.84. The van der Waals surface area contributed by atoms with Crippen LogP contribution in [-0.4, -0.2) is 34.4 Å². The zero-order chi connectivity index (χ0) is 23.7. The van der Waals surface area contributed by atoms with Crippen LogP contribution in [0.15, 0.2) is 76.4 Å². The molecule has 0 saturated carbocycles. The Morgan fingerprint density at radius 1 is 1.15 bits per heavy atom. The Kier molecular flexibility index (Phi) is 5.71. The van der Waals surface area contributed by atoms with E-state index >= 15 is 0 Å². The number of hydrogen-bond donors (Lipinski definition) is 1. The molecule has 2 aromatic carbocycles. The summed E-state index contributed by atoms with van der Waals surface area (Å²) in [5.41, 5.74) is 10.2. The molecule has 1 atom stereocenters. The molecular formula is C27H25FN4O2. The number of hydrogen-bond acceptors (Lipinski definition) is 6. The van der Waals surface area contributed by atoms with Crippen molar-refractivity contribution in [3.05, 3.63) is 84.1 Å². The zero-order valence-electron chi connectivity index (χ0n) is 19.0. The number of aromatic nitrogens is 2. The second-order valence-electron chi connectivity index (χ2n) is 8.95. The van der Waals surface area contributed by atoms with Crippen LogP contribution in [0, 0.1) is 5.82 Å². The highest BCUT2D eigenvalue weighted by Gasteiger charge is 2.36. The summed E-state index contributed by atoms with van der Waals surface area (Å²) in [7, 11) is 0. The highest BCUT2D eigenvalue weighted by atomic mass is 19.1. The van der Waals surface area contributed by atoms with Crippen LogP contribution in [0.25, 0.3) is 33.7 Å². The predicted octanol–water partition coefficient (Wildman–Crippen LogP) is 5.49. The molecule has 1 aliphatic heterocycles. The number of allylic oxidation sites excluding steroid dienone is 1. The van der Waals surface area contributed by atoms with Crippen LogP contribution >= 0.6 is 0 Å². The van der Waals surface area contributed by atoms with Gasteiger partial charge in [-0.3, -0.25) is 4.99 Å². The summed E-state index contributed by atoms with van der Waals surface area (Å²) in [6, 6.07) is 17.7. The lowest BCUT2D eigenvalue weighted by Crippen LogP contribution is -2.47. The molecule has 1 unspecified atom stereocenters. The van der Waals surface area contributed by atoms with Crippen molar-refractivity contribution in [3.63, 3.8) is 0 Å². The number of benzene rings is 2. The third kappa shape index (κ3) is 4.47. The van der Waals surface area contributed by atoms with Crippen LogP contribution in [0.4, 0.5) is 4.39 Å². The summed E-state index contributed by atoms with van der Waals surface area (Å²) < 4.78 is 25.4. The van der Waals surface area contributed by atoms with Gasteiger partial charge in [0.25, 0.3) is 0 Å². The summed E-state index contributed by atoms with van der Waals surface area (Å²) in [4.78, 5) is 13.5. The maximum atomic E-state index is 13.5. The van der Waals surface area contributed by atoms with Crippen molar-refractivity contribution < 1.29 is 13.5 Å². The lowest BCUT2D eigenvalue weighted by Gasteiger charge is -2.42. The topological polar surface area (TPSA) is 86.5 Å². The molecule has 1 fully saturated rings. The smallest absolute Gasteiger partial charge is 0.230 e. The van der Waals surface area contributed by atoms with E-state index in [0.29, 0.717) is 45.9 Å². The fraction of sp³-hybridized carbons (Fsp3) is 0.222. The number of aliphatic imine (C=N–C) groups is 1. The normalized spacial score (nSPS) is 18.1. The van der Waals surface area contributed by atoms with Gasteiger partial charge in [-0.15, -0.1) is 0 Å². The molecule has 1 saturated heterocycles. The van der Waals surface area contributed by atoms with Crippen molar-refractivity contribution in [2.24, 2.45) is 10.7 Å². The molecule has 6 nitrogen and oxygen atoms in total. The van der Waals surface area contributed by atoms with E-state index < -0.39 is 0 Å². The Balaban J connectivity index is 1.57. The molecule has 0 spiro atoms. The van der Waals surface area contributed by atoms with Gasteiger partial charge in [0, 0.05) is 29.5 Å². The van der Waals surface area contributed by atoms with Crippen LogP contribution in [-0.2, 0) is 4.74 Å². The quantitative estimate of drug-likeness (QED) is 0.388. The standard InChI is InChI=1S/C27H25FN4O2/c1-27(2)13-20(34-27)14-30-15-22(24(29)18-8-10-19(28)11-9-18)25-21-12-23(17-6-4-3-5-7-17)33-26(21)32-16-31-25/h3-12,15-16,20H,13-14,29H2,1-2H3/b24-22+,30-15?. The minimum atomic E-state index is -0.330. The van der Waals surface area contributed by atoms with E-state index in [1.54, 1.807) is 18.3 Å². The lowest BCUT2D eigenvalue weighted by atomic mass is 9.93. The third-order valence-corrected chi connectivity index (χ3v) is 5.82. The van der Waals surface area contributed by atoms with Crippen LogP contribution in [0.2, 0.25) is 0 Å². The Labute approximate surface area is 197 Å². The zero-order valence-corrected chi connectivity index (χ0v) is 19.0.